The molecule has 0 amide bonds. The average Bonchev–Trinajstić information content (AvgIpc) is 2.37. The minimum atomic E-state index is 0.0550. The first-order chi connectivity index (χ1) is 8.25. The van der Waals surface area contributed by atoms with Crippen LogP contribution in [-0.4, -0.2) is 4.98 Å². The van der Waals surface area contributed by atoms with Gasteiger partial charge in [-0.05, 0) is 24.6 Å². The first-order valence-corrected chi connectivity index (χ1v) is 5.63. The second kappa shape index (κ2) is 5.46. The fraction of sp³-hybridized carbons (Fsp3) is 0.214. The highest BCUT2D eigenvalue weighted by Gasteiger charge is 2.05. The van der Waals surface area contributed by atoms with Gasteiger partial charge in [0.15, 0.2) is 0 Å². The third kappa shape index (κ3) is 3.29. The topological polar surface area (TPSA) is 48.1 Å². The van der Waals surface area contributed by atoms with Crippen molar-refractivity contribution >= 4 is 5.82 Å². The van der Waals surface area contributed by atoms with Gasteiger partial charge in [-0.1, -0.05) is 36.4 Å². The smallest absolute Gasteiger partial charge is 0.123 e. The van der Waals surface area contributed by atoms with Crippen molar-refractivity contribution in [2.24, 2.45) is 0 Å². The highest BCUT2D eigenvalue weighted by molar-refractivity contribution is 5.28. The van der Waals surface area contributed by atoms with E-state index in [-0.39, 0.29) is 6.10 Å². The summed E-state index contributed by atoms with van der Waals surface area (Å²) >= 11 is 0. The van der Waals surface area contributed by atoms with Gasteiger partial charge in [0.1, 0.15) is 5.82 Å². The molecule has 0 aliphatic heterocycles. The number of benzene rings is 1. The molecule has 0 saturated heterocycles. The van der Waals surface area contributed by atoms with Crippen LogP contribution in [0.3, 0.4) is 0 Å². The van der Waals surface area contributed by atoms with Crippen LogP contribution in [0.5, 0.6) is 0 Å². The summed E-state index contributed by atoms with van der Waals surface area (Å²) < 4.78 is 5.75. The van der Waals surface area contributed by atoms with Crippen LogP contribution in [0.25, 0.3) is 0 Å². The molecule has 0 aliphatic rings. The molecule has 1 aromatic heterocycles. The van der Waals surface area contributed by atoms with Gasteiger partial charge >= 0.3 is 0 Å². The van der Waals surface area contributed by atoms with Crippen LogP contribution in [-0.2, 0) is 11.3 Å². The molecule has 3 nitrogen and oxygen atoms in total. The lowest BCUT2D eigenvalue weighted by Gasteiger charge is -2.13. The predicted octanol–water partition coefficient (Wildman–Crippen LogP) is 2.94. The summed E-state index contributed by atoms with van der Waals surface area (Å²) in [5.41, 5.74) is 7.63. The van der Waals surface area contributed by atoms with Crippen LogP contribution < -0.4 is 5.73 Å². The lowest BCUT2D eigenvalue weighted by atomic mass is 10.1. The van der Waals surface area contributed by atoms with Crippen molar-refractivity contribution in [1.29, 1.82) is 0 Å². The van der Waals surface area contributed by atoms with Gasteiger partial charge in [0, 0.05) is 0 Å². The van der Waals surface area contributed by atoms with Gasteiger partial charge in [0.05, 0.1) is 18.4 Å². The molecule has 17 heavy (non-hydrogen) atoms. The fourth-order valence-corrected chi connectivity index (χ4v) is 1.61. The van der Waals surface area contributed by atoms with Crippen molar-refractivity contribution in [2.45, 2.75) is 19.6 Å². The Balaban J connectivity index is 1.95. The number of hydrogen-bond acceptors (Lipinski definition) is 3. The summed E-state index contributed by atoms with van der Waals surface area (Å²) in [4.78, 5) is 4.19. The molecule has 0 spiro atoms. The largest absolute Gasteiger partial charge is 0.384 e. The number of nitrogens with zero attached hydrogens (tertiary/aromatic N) is 1. The number of anilines is 1. The van der Waals surface area contributed by atoms with E-state index in [2.05, 4.69) is 17.1 Å². The summed E-state index contributed by atoms with van der Waals surface area (Å²) in [5, 5.41) is 0. The molecule has 2 aromatic rings. The van der Waals surface area contributed by atoms with Crippen molar-refractivity contribution in [3.63, 3.8) is 0 Å². The summed E-state index contributed by atoms with van der Waals surface area (Å²) in [6.45, 7) is 2.50. The van der Waals surface area contributed by atoms with E-state index >= 15 is 0 Å². The van der Waals surface area contributed by atoms with Crippen LogP contribution >= 0.6 is 0 Å². The number of hydrogen-bond donors (Lipinski definition) is 1. The summed E-state index contributed by atoms with van der Waals surface area (Å²) in [6.07, 6.45) is 0.0550. The first kappa shape index (κ1) is 11.6. The van der Waals surface area contributed by atoms with Crippen molar-refractivity contribution in [2.75, 3.05) is 5.73 Å². The predicted molar refractivity (Wildman–Crippen MR) is 68.3 cm³/mol. The zero-order chi connectivity index (χ0) is 12.1. The van der Waals surface area contributed by atoms with E-state index in [0.29, 0.717) is 12.4 Å². The molecular formula is C14H16N2O. The molecule has 88 valence electrons. The molecule has 0 fully saturated rings. The molecule has 2 N–H and O–H groups in total. The van der Waals surface area contributed by atoms with E-state index in [1.807, 2.05) is 37.3 Å². The maximum absolute atomic E-state index is 5.75. The Morgan fingerprint density at radius 1 is 1.12 bits per heavy atom. The zero-order valence-corrected chi connectivity index (χ0v) is 9.84. The number of rotatable bonds is 4. The number of pyridine rings is 1. The quantitative estimate of drug-likeness (QED) is 0.875. The first-order valence-electron chi connectivity index (χ1n) is 5.63. The average molecular weight is 228 g/mol. The second-order valence-corrected chi connectivity index (χ2v) is 3.92. The normalized spacial score (nSPS) is 12.3. The maximum Gasteiger partial charge on any atom is 0.123 e. The summed E-state index contributed by atoms with van der Waals surface area (Å²) in [6, 6.07) is 15.7. The molecule has 1 unspecified atom stereocenters. The third-order valence-electron chi connectivity index (χ3n) is 2.58. The number of ether oxygens (including phenoxy) is 1. The van der Waals surface area contributed by atoms with Crippen molar-refractivity contribution in [3.05, 3.63) is 59.8 Å². The molecule has 3 heteroatoms. The van der Waals surface area contributed by atoms with Crippen LogP contribution in [0.15, 0.2) is 48.5 Å². The highest BCUT2D eigenvalue weighted by Crippen LogP contribution is 2.17. The van der Waals surface area contributed by atoms with Crippen molar-refractivity contribution in [3.8, 4) is 0 Å². The minimum Gasteiger partial charge on any atom is -0.384 e. The lowest BCUT2D eigenvalue weighted by molar-refractivity contribution is 0.0506. The Bertz CT molecular complexity index is 471. The van der Waals surface area contributed by atoms with Gasteiger partial charge in [0.25, 0.3) is 0 Å². The van der Waals surface area contributed by atoms with E-state index in [0.717, 1.165) is 11.3 Å². The molecule has 0 radical (unpaired) electrons. The monoisotopic (exact) mass is 228 g/mol. The summed E-state index contributed by atoms with van der Waals surface area (Å²) in [5.74, 6) is 0.526. The Morgan fingerprint density at radius 2 is 1.88 bits per heavy atom. The fourth-order valence-electron chi connectivity index (χ4n) is 1.61. The second-order valence-electron chi connectivity index (χ2n) is 3.92. The van der Waals surface area contributed by atoms with Crippen LogP contribution in [0.1, 0.15) is 24.3 Å². The Kier molecular flexibility index (Phi) is 3.73. The van der Waals surface area contributed by atoms with E-state index in [4.69, 9.17) is 10.5 Å². The molecule has 1 aromatic carbocycles. The molecule has 0 aliphatic carbocycles. The number of nitrogens with two attached hydrogens (primary N) is 1. The number of aromatic nitrogens is 1. The molecule has 1 atom stereocenters. The highest BCUT2D eigenvalue weighted by atomic mass is 16.5. The van der Waals surface area contributed by atoms with E-state index in [1.54, 1.807) is 6.07 Å². The van der Waals surface area contributed by atoms with E-state index in [9.17, 15) is 0 Å². The van der Waals surface area contributed by atoms with Crippen molar-refractivity contribution in [1.82, 2.24) is 4.98 Å². The van der Waals surface area contributed by atoms with Crippen molar-refractivity contribution < 1.29 is 4.74 Å². The molecule has 0 saturated carbocycles. The summed E-state index contributed by atoms with van der Waals surface area (Å²) in [7, 11) is 0. The zero-order valence-electron chi connectivity index (χ0n) is 9.84. The van der Waals surface area contributed by atoms with Gasteiger partial charge in [-0.15, -0.1) is 0 Å². The lowest BCUT2D eigenvalue weighted by Crippen LogP contribution is -2.02. The molecule has 0 bridgehead atoms. The molecule has 2 rings (SSSR count). The Morgan fingerprint density at radius 3 is 2.59 bits per heavy atom. The standard InChI is InChI=1S/C14H16N2O/c1-11(12-6-3-2-4-7-12)17-10-13-8-5-9-14(15)16-13/h2-9,11H,10H2,1H3,(H2,15,16). The molecule has 1 heterocycles. The van der Waals surface area contributed by atoms with Gasteiger partial charge in [-0.3, -0.25) is 0 Å². The van der Waals surface area contributed by atoms with Crippen LogP contribution in [0, 0.1) is 0 Å². The SMILES string of the molecule is CC(OCc1cccc(N)n1)c1ccccc1. The van der Waals surface area contributed by atoms with Gasteiger partial charge in [0.2, 0.25) is 0 Å². The Labute approximate surface area is 101 Å². The van der Waals surface area contributed by atoms with Gasteiger partial charge in [-0.2, -0.15) is 0 Å². The van der Waals surface area contributed by atoms with Gasteiger partial charge < -0.3 is 10.5 Å². The minimum absolute atomic E-state index is 0.0550. The van der Waals surface area contributed by atoms with Gasteiger partial charge in [-0.25, -0.2) is 4.98 Å². The molecular weight excluding hydrogens is 212 g/mol. The number of nitrogen functional groups attached to an aromatic ring is 1. The Hall–Kier alpha value is -1.87. The van der Waals surface area contributed by atoms with Crippen LogP contribution in [0.4, 0.5) is 5.82 Å². The third-order valence-corrected chi connectivity index (χ3v) is 2.58. The van der Waals surface area contributed by atoms with Crippen LogP contribution in [0.2, 0.25) is 0 Å². The van der Waals surface area contributed by atoms with E-state index < -0.39 is 0 Å². The maximum atomic E-state index is 5.75. The van der Waals surface area contributed by atoms with E-state index in [1.165, 1.54) is 0 Å².